The van der Waals surface area contributed by atoms with Gasteiger partial charge in [0.2, 0.25) is 10.0 Å². The molecule has 2 aliphatic heterocycles. The van der Waals surface area contributed by atoms with Gasteiger partial charge >= 0.3 is 0 Å². The van der Waals surface area contributed by atoms with Gasteiger partial charge < -0.3 is 14.6 Å². The van der Waals surface area contributed by atoms with Crippen molar-refractivity contribution in [2.75, 3.05) is 32.8 Å². The lowest BCUT2D eigenvalue weighted by atomic mass is 10.1. The van der Waals surface area contributed by atoms with Gasteiger partial charge in [-0.15, -0.1) is 11.3 Å². The number of amides is 1. The predicted octanol–water partition coefficient (Wildman–Crippen LogP) is 1.30. The summed E-state index contributed by atoms with van der Waals surface area (Å²) in [4.78, 5) is 18.8. The number of hydrogen-bond acceptors (Lipinski definition) is 5. The lowest BCUT2D eigenvalue weighted by Crippen LogP contribution is -2.40. The number of nitrogens with zero attached hydrogens (tertiary/aromatic N) is 2. The third-order valence-electron chi connectivity index (χ3n) is 4.59. The minimum Gasteiger partial charge on any atom is -0.379 e. The van der Waals surface area contributed by atoms with Crippen molar-refractivity contribution in [1.29, 1.82) is 0 Å². The van der Waals surface area contributed by atoms with E-state index < -0.39 is 10.0 Å². The Morgan fingerprint density at radius 1 is 1.24 bits per heavy atom. The first-order valence-corrected chi connectivity index (χ1v) is 10.5. The van der Waals surface area contributed by atoms with E-state index in [2.05, 4.69) is 4.98 Å². The van der Waals surface area contributed by atoms with Crippen LogP contribution in [-0.2, 0) is 27.7 Å². The zero-order valence-electron chi connectivity index (χ0n) is 13.6. The first-order chi connectivity index (χ1) is 12.1. The van der Waals surface area contributed by atoms with Crippen molar-refractivity contribution in [2.45, 2.75) is 17.9 Å². The maximum atomic E-state index is 12.7. The molecule has 2 aromatic heterocycles. The average Bonchev–Trinajstić information content (AvgIpc) is 3.31. The van der Waals surface area contributed by atoms with E-state index in [1.165, 1.54) is 27.0 Å². The number of morpholine rings is 1. The number of aromatic amines is 1. The van der Waals surface area contributed by atoms with Crippen LogP contribution >= 0.6 is 11.3 Å². The minimum atomic E-state index is -3.59. The number of H-pyrrole nitrogens is 1. The van der Waals surface area contributed by atoms with Crippen LogP contribution in [0.1, 0.15) is 20.9 Å². The highest BCUT2D eigenvalue weighted by Crippen LogP contribution is 2.25. The maximum Gasteiger partial charge on any atom is 0.270 e. The van der Waals surface area contributed by atoms with Gasteiger partial charge in [-0.1, -0.05) is 0 Å². The molecule has 7 nitrogen and oxygen atoms in total. The quantitative estimate of drug-likeness (QED) is 0.869. The molecule has 9 heteroatoms. The molecule has 0 unspecified atom stereocenters. The largest absolute Gasteiger partial charge is 0.379 e. The predicted molar refractivity (Wildman–Crippen MR) is 93.1 cm³/mol. The smallest absolute Gasteiger partial charge is 0.270 e. The molecule has 0 radical (unpaired) electrons. The molecule has 25 heavy (non-hydrogen) atoms. The normalized spacial score (nSPS) is 19.0. The Labute approximate surface area is 150 Å². The minimum absolute atomic E-state index is 0.131. The third kappa shape index (κ3) is 3.12. The van der Waals surface area contributed by atoms with Gasteiger partial charge in [-0.3, -0.25) is 4.79 Å². The van der Waals surface area contributed by atoms with Gasteiger partial charge in [0, 0.05) is 37.3 Å². The molecule has 0 saturated carbocycles. The van der Waals surface area contributed by atoms with Crippen molar-refractivity contribution in [1.82, 2.24) is 14.2 Å². The number of carbonyl (C=O) groups excluding carboxylic acids is 1. The van der Waals surface area contributed by atoms with Crippen LogP contribution in [0.5, 0.6) is 0 Å². The maximum absolute atomic E-state index is 12.7. The number of nitrogens with one attached hydrogen (secondary N) is 1. The second-order valence-corrected chi connectivity index (χ2v) is 9.05. The Bertz CT molecular complexity index is 881. The van der Waals surface area contributed by atoms with E-state index in [9.17, 15) is 13.2 Å². The van der Waals surface area contributed by atoms with Crippen LogP contribution in [-0.4, -0.2) is 61.4 Å². The van der Waals surface area contributed by atoms with Gasteiger partial charge in [-0.2, -0.15) is 4.31 Å². The summed E-state index contributed by atoms with van der Waals surface area (Å²) in [6, 6.07) is 3.48. The number of aromatic nitrogens is 1. The first kappa shape index (κ1) is 16.8. The topological polar surface area (TPSA) is 82.7 Å². The Morgan fingerprint density at radius 2 is 2.04 bits per heavy atom. The summed E-state index contributed by atoms with van der Waals surface area (Å²) < 4.78 is 31.9. The van der Waals surface area contributed by atoms with Crippen LogP contribution in [0.4, 0.5) is 0 Å². The molecule has 1 fully saturated rings. The number of sulfonamides is 1. The summed E-state index contributed by atoms with van der Waals surface area (Å²) in [6.07, 6.45) is 2.25. The van der Waals surface area contributed by atoms with E-state index in [4.69, 9.17) is 4.74 Å². The molecule has 0 atom stereocenters. The summed E-state index contributed by atoms with van der Waals surface area (Å²) in [7, 11) is -3.59. The van der Waals surface area contributed by atoms with Crippen molar-refractivity contribution < 1.29 is 17.9 Å². The molecular weight excluding hydrogens is 362 g/mol. The fourth-order valence-electron chi connectivity index (χ4n) is 3.18. The molecule has 134 valence electrons. The molecule has 2 aromatic rings. The summed E-state index contributed by atoms with van der Waals surface area (Å²) >= 11 is 1.72. The standard InChI is InChI=1S/C16H19N3O4S2/c20-16(18-3-1-15-12(11-18)2-8-24-15)14-9-13(10-17-14)25(21,22)19-4-6-23-7-5-19/h2,8-10,17H,1,3-7,11H2. The van der Waals surface area contributed by atoms with Crippen LogP contribution in [0.2, 0.25) is 0 Å². The Hall–Kier alpha value is -1.68. The third-order valence-corrected chi connectivity index (χ3v) is 7.49. The molecule has 0 aromatic carbocycles. The van der Waals surface area contributed by atoms with Crippen molar-refractivity contribution in [3.05, 3.63) is 39.8 Å². The van der Waals surface area contributed by atoms with Crippen molar-refractivity contribution >= 4 is 27.3 Å². The Morgan fingerprint density at radius 3 is 2.84 bits per heavy atom. The lowest BCUT2D eigenvalue weighted by Gasteiger charge is -2.26. The highest BCUT2D eigenvalue weighted by Gasteiger charge is 2.29. The van der Waals surface area contributed by atoms with E-state index in [0.717, 1.165) is 6.42 Å². The molecule has 1 N–H and O–H groups in total. The number of thiophene rings is 1. The second kappa shape index (κ2) is 6.56. The van der Waals surface area contributed by atoms with Gasteiger partial charge in [0.25, 0.3) is 5.91 Å². The monoisotopic (exact) mass is 381 g/mol. The Kier molecular flexibility index (Phi) is 4.40. The molecule has 0 aliphatic carbocycles. The van der Waals surface area contributed by atoms with Gasteiger partial charge in [0.05, 0.1) is 13.2 Å². The zero-order valence-corrected chi connectivity index (χ0v) is 15.2. The van der Waals surface area contributed by atoms with E-state index >= 15 is 0 Å². The Balaban J connectivity index is 1.52. The molecule has 0 bridgehead atoms. The number of fused-ring (bicyclic) bond motifs is 1. The number of rotatable bonds is 3. The number of hydrogen-bond donors (Lipinski definition) is 1. The fourth-order valence-corrected chi connectivity index (χ4v) is 5.47. The summed E-state index contributed by atoms with van der Waals surface area (Å²) in [5.74, 6) is -0.166. The molecule has 0 spiro atoms. The van der Waals surface area contributed by atoms with Crippen LogP contribution in [0.3, 0.4) is 0 Å². The summed E-state index contributed by atoms with van der Waals surface area (Å²) in [5, 5.41) is 2.04. The molecule has 2 aliphatic rings. The van der Waals surface area contributed by atoms with E-state index in [-0.39, 0.29) is 10.8 Å². The van der Waals surface area contributed by atoms with Gasteiger partial charge in [-0.05, 0) is 29.5 Å². The van der Waals surface area contributed by atoms with Crippen LogP contribution < -0.4 is 0 Å². The summed E-state index contributed by atoms with van der Waals surface area (Å²) in [6.45, 7) is 2.69. The zero-order chi connectivity index (χ0) is 17.4. The molecule has 4 rings (SSSR count). The molecule has 1 amide bonds. The van der Waals surface area contributed by atoms with Crippen molar-refractivity contribution in [3.63, 3.8) is 0 Å². The van der Waals surface area contributed by atoms with E-state index in [1.54, 1.807) is 16.2 Å². The number of carbonyl (C=O) groups is 1. The van der Waals surface area contributed by atoms with Gasteiger partial charge in [0.1, 0.15) is 10.6 Å². The SMILES string of the molecule is O=C(c1cc(S(=O)(=O)N2CCOCC2)c[nH]1)N1CCc2sccc2C1. The second-order valence-electron chi connectivity index (χ2n) is 6.11. The highest BCUT2D eigenvalue weighted by molar-refractivity contribution is 7.89. The van der Waals surface area contributed by atoms with Gasteiger partial charge in [-0.25, -0.2) is 8.42 Å². The first-order valence-electron chi connectivity index (χ1n) is 8.16. The molecule has 1 saturated heterocycles. The fraction of sp³-hybridized carbons (Fsp3) is 0.438. The highest BCUT2D eigenvalue weighted by atomic mass is 32.2. The molecule has 4 heterocycles. The number of ether oxygens (including phenoxy) is 1. The van der Waals surface area contributed by atoms with E-state index in [1.807, 2.05) is 11.4 Å². The summed E-state index contributed by atoms with van der Waals surface area (Å²) in [5.41, 5.74) is 1.49. The van der Waals surface area contributed by atoms with Crippen LogP contribution in [0, 0.1) is 0 Å². The molecular formula is C16H19N3O4S2. The van der Waals surface area contributed by atoms with Crippen molar-refractivity contribution in [2.24, 2.45) is 0 Å². The van der Waals surface area contributed by atoms with Crippen LogP contribution in [0.15, 0.2) is 28.6 Å². The van der Waals surface area contributed by atoms with Crippen LogP contribution in [0.25, 0.3) is 0 Å². The van der Waals surface area contributed by atoms with E-state index in [0.29, 0.717) is 45.1 Å². The lowest BCUT2D eigenvalue weighted by molar-refractivity contribution is 0.0727. The van der Waals surface area contributed by atoms with Gasteiger partial charge in [0.15, 0.2) is 0 Å². The van der Waals surface area contributed by atoms with Crippen molar-refractivity contribution in [3.8, 4) is 0 Å². The average molecular weight is 381 g/mol.